The van der Waals surface area contributed by atoms with E-state index in [1.54, 1.807) is 0 Å². The number of halogens is 4. The summed E-state index contributed by atoms with van der Waals surface area (Å²) in [6.45, 7) is 0.109. The van der Waals surface area contributed by atoms with Crippen molar-refractivity contribution in [2.75, 3.05) is 18.6 Å². The van der Waals surface area contributed by atoms with Crippen molar-refractivity contribution in [3.8, 4) is 0 Å². The maximum atomic E-state index is 13.2. The zero-order valence-corrected chi connectivity index (χ0v) is 12.6. The summed E-state index contributed by atoms with van der Waals surface area (Å²) in [6, 6.07) is 2.66. The number of anilines is 1. The maximum absolute atomic E-state index is 13.2. The number of nitrogens with zero attached hydrogens (tertiary/aromatic N) is 1. The summed E-state index contributed by atoms with van der Waals surface area (Å²) in [7, 11) is 1.42. The third-order valence-electron chi connectivity index (χ3n) is 3.45. The van der Waals surface area contributed by atoms with Crippen molar-refractivity contribution in [1.82, 2.24) is 0 Å². The van der Waals surface area contributed by atoms with Crippen LogP contribution in [0.4, 0.5) is 18.9 Å². The number of carbonyl (C=O) groups is 1. The van der Waals surface area contributed by atoms with Gasteiger partial charge in [0.2, 0.25) is 0 Å². The Kier molecular flexibility index (Phi) is 4.48. The number of carboxylic acids is 1. The van der Waals surface area contributed by atoms with Gasteiger partial charge in [0.1, 0.15) is 6.04 Å². The Hall–Kier alpha value is -1.28. The van der Waals surface area contributed by atoms with E-state index < -0.39 is 29.9 Å². The van der Waals surface area contributed by atoms with E-state index in [0.29, 0.717) is 0 Å². The summed E-state index contributed by atoms with van der Waals surface area (Å²) < 4.78 is 44.9. The second kappa shape index (κ2) is 5.84. The Morgan fingerprint density at radius 3 is 2.67 bits per heavy atom. The number of carboxylic acid groups (broad SMARTS) is 1. The van der Waals surface area contributed by atoms with E-state index in [1.165, 1.54) is 24.1 Å². The molecule has 2 atom stereocenters. The Balaban J connectivity index is 2.47. The summed E-state index contributed by atoms with van der Waals surface area (Å²) in [4.78, 5) is 12.5. The van der Waals surface area contributed by atoms with Gasteiger partial charge in [-0.3, -0.25) is 0 Å². The summed E-state index contributed by atoms with van der Waals surface area (Å²) in [5.41, 5.74) is -1.00. The Labute approximate surface area is 127 Å². The van der Waals surface area contributed by atoms with Crippen LogP contribution in [0.1, 0.15) is 12.0 Å². The molecule has 0 aliphatic carbocycles. The Morgan fingerprint density at radius 2 is 2.14 bits per heavy atom. The van der Waals surface area contributed by atoms with Crippen molar-refractivity contribution < 1.29 is 27.8 Å². The van der Waals surface area contributed by atoms with E-state index in [0.717, 1.165) is 6.07 Å². The second-order valence-corrected chi connectivity index (χ2v) is 5.67. The highest BCUT2D eigenvalue weighted by Crippen LogP contribution is 2.40. The Morgan fingerprint density at radius 1 is 1.48 bits per heavy atom. The van der Waals surface area contributed by atoms with Gasteiger partial charge in [-0.1, -0.05) is 15.9 Å². The molecule has 1 aliphatic heterocycles. The van der Waals surface area contributed by atoms with Crippen LogP contribution >= 0.6 is 15.9 Å². The molecule has 0 aromatic heterocycles. The van der Waals surface area contributed by atoms with Gasteiger partial charge in [0.05, 0.1) is 11.7 Å². The molecule has 1 aromatic carbocycles. The predicted octanol–water partition coefficient (Wildman–Crippen LogP) is 3.15. The standard InChI is InChI=1S/C13H13BrF3NO3/c1-21-8-5-11(12(19)20)18(6-8)10-3-2-7(14)4-9(10)13(15,16)17/h2-4,8,11H,5-6H2,1H3,(H,19,20). The van der Waals surface area contributed by atoms with Gasteiger partial charge in [0.15, 0.2) is 0 Å². The molecule has 1 fully saturated rings. The lowest BCUT2D eigenvalue weighted by atomic mass is 10.1. The van der Waals surface area contributed by atoms with Crippen LogP contribution in [0.2, 0.25) is 0 Å². The van der Waals surface area contributed by atoms with Gasteiger partial charge in [0, 0.05) is 30.2 Å². The van der Waals surface area contributed by atoms with Crippen LogP contribution in [0.5, 0.6) is 0 Å². The van der Waals surface area contributed by atoms with Gasteiger partial charge in [0.25, 0.3) is 0 Å². The monoisotopic (exact) mass is 367 g/mol. The van der Waals surface area contributed by atoms with Crippen molar-refractivity contribution in [1.29, 1.82) is 0 Å². The van der Waals surface area contributed by atoms with Crippen molar-refractivity contribution in [2.45, 2.75) is 24.7 Å². The zero-order valence-electron chi connectivity index (χ0n) is 11.0. The van der Waals surface area contributed by atoms with E-state index in [2.05, 4.69) is 15.9 Å². The van der Waals surface area contributed by atoms with Crippen LogP contribution in [0.3, 0.4) is 0 Å². The largest absolute Gasteiger partial charge is 0.480 e. The number of benzene rings is 1. The molecule has 0 saturated carbocycles. The van der Waals surface area contributed by atoms with Crippen LogP contribution < -0.4 is 4.90 Å². The summed E-state index contributed by atoms with van der Waals surface area (Å²) in [6.07, 6.45) is -4.82. The average molecular weight is 368 g/mol. The number of aliphatic carboxylic acids is 1. The lowest BCUT2D eigenvalue weighted by Crippen LogP contribution is -2.37. The highest BCUT2D eigenvalue weighted by Gasteiger charge is 2.42. The van der Waals surface area contributed by atoms with E-state index in [-0.39, 0.29) is 23.1 Å². The fourth-order valence-corrected chi connectivity index (χ4v) is 2.82. The maximum Gasteiger partial charge on any atom is 0.418 e. The first-order valence-corrected chi connectivity index (χ1v) is 6.92. The lowest BCUT2D eigenvalue weighted by Gasteiger charge is -2.27. The fourth-order valence-electron chi connectivity index (χ4n) is 2.45. The molecule has 1 aromatic rings. The quantitative estimate of drug-likeness (QED) is 0.891. The predicted molar refractivity (Wildman–Crippen MR) is 73.3 cm³/mol. The number of ether oxygens (including phenoxy) is 1. The third-order valence-corrected chi connectivity index (χ3v) is 3.95. The van der Waals surface area contributed by atoms with Crippen LogP contribution in [-0.4, -0.2) is 36.9 Å². The molecule has 116 valence electrons. The average Bonchev–Trinajstić information content (AvgIpc) is 2.82. The first kappa shape index (κ1) is 16.1. The molecule has 1 saturated heterocycles. The molecular formula is C13H13BrF3NO3. The summed E-state index contributed by atoms with van der Waals surface area (Å²) in [5.74, 6) is -1.16. The van der Waals surface area contributed by atoms with E-state index in [4.69, 9.17) is 4.74 Å². The van der Waals surface area contributed by atoms with Crippen molar-refractivity contribution in [2.24, 2.45) is 0 Å². The van der Waals surface area contributed by atoms with Gasteiger partial charge in [-0.05, 0) is 18.2 Å². The van der Waals surface area contributed by atoms with Crippen LogP contribution in [-0.2, 0) is 15.7 Å². The van der Waals surface area contributed by atoms with Crippen molar-refractivity contribution in [3.05, 3.63) is 28.2 Å². The van der Waals surface area contributed by atoms with Gasteiger partial charge >= 0.3 is 12.1 Å². The molecule has 2 unspecified atom stereocenters. The third kappa shape index (κ3) is 3.32. The lowest BCUT2D eigenvalue weighted by molar-refractivity contribution is -0.140. The summed E-state index contributed by atoms with van der Waals surface area (Å²) >= 11 is 3.01. The van der Waals surface area contributed by atoms with Crippen LogP contribution in [0.15, 0.2) is 22.7 Å². The minimum atomic E-state index is -4.56. The van der Waals surface area contributed by atoms with E-state index >= 15 is 0 Å². The SMILES string of the molecule is COC1CC(C(=O)O)N(c2ccc(Br)cc2C(F)(F)F)C1. The first-order valence-electron chi connectivity index (χ1n) is 6.13. The number of methoxy groups -OCH3 is 1. The normalized spacial score (nSPS) is 22.6. The molecule has 21 heavy (non-hydrogen) atoms. The molecular weight excluding hydrogens is 355 g/mol. The van der Waals surface area contributed by atoms with E-state index in [9.17, 15) is 23.1 Å². The molecule has 1 heterocycles. The molecule has 0 spiro atoms. The van der Waals surface area contributed by atoms with Gasteiger partial charge < -0.3 is 14.7 Å². The molecule has 8 heteroatoms. The number of rotatable bonds is 3. The van der Waals surface area contributed by atoms with Gasteiger partial charge in [-0.25, -0.2) is 4.79 Å². The second-order valence-electron chi connectivity index (χ2n) is 4.76. The molecule has 1 aliphatic rings. The smallest absolute Gasteiger partial charge is 0.418 e. The number of hydrogen-bond acceptors (Lipinski definition) is 3. The Bertz CT molecular complexity index is 550. The van der Waals surface area contributed by atoms with Gasteiger partial charge in [-0.15, -0.1) is 0 Å². The topological polar surface area (TPSA) is 49.8 Å². The minimum Gasteiger partial charge on any atom is -0.480 e. The minimum absolute atomic E-state index is 0.109. The summed E-state index contributed by atoms with van der Waals surface area (Å²) in [5, 5.41) is 9.22. The fraction of sp³-hybridized carbons (Fsp3) is 0.462. The van der Waals surface area contributed by atoms with E-state index in [1.807, 2.05) is 0 Å². The first-order chi connectivity index (χ1) is 9.74. The highest BCUT2D eigenvalue weighted by molar-refractivity contribution is 9.10. The molecule has 4 nitrogen and oxygen atoms in total. The molecule has 1 N–H and O–H groups in total. The van der Waals surface area contributed by atoms with Crippen LogP contribution in [0, 0.1) is 0 Å². The zero-order chi connectivity index (χ0) is 15.8. The number of hydrogen-bond donors (Lipinski definition) is 1. The molecule has 0 bridgehead atoms. The molecule has 2 rings (SSSR count). The molecule has 0 radical (unpaired) electrons. The van der Waals surface area contributed by atoms with Crippen molar-refractivity contribution >= 4 is 27.6 Å². The van der Waals surface area contributed by atoms with Gasteiger partial charge in [-0.2, -0.15) is 13.2 Å². The molecule has 0 amide bonds. The number of alkyl halides is 3. The van der Waals surface area contributed by atoms with Crippen molar-refractivity contribution in [3.63, 3.8) is 0 Å². The highest BCUT2D eigenvalue weighted by atomic mass is 79.9. The van der Waals surface area contributed by atoms with Crippen LogP contribution in [0.25, 0.3) is 0 Å².